The second-order valence-electron chi connectivity index (χ2n) is 6.34. The largest absolute Gasteiger partial charge is 0.488 e. The molecular weight excluding hydrogens is 336 g/mol. The van der Waals surface area contributed by atoms with Gasteiger partial charge >= 0.3 is 0 Å². The number of rotatable bonds is 4. The first-order chi connectivity index (χ1) is 12.2. The Labute approximate surface area is 151 Å². The lowest BCUT2D eigenvalue weighted by Crippen LogP contribution is -2.32. The van der Waals surface area contributed by atoms with E-state index in [0.29, 0.717) is 6.54 Å². The van der Waals surface area contributed by atoms with E-state index in [1.807, 2.05) is 48.5 Å². The zero-order valence-electron chi connectivity index (χ0n) is 13.8. The van der Waals surface area contributed by atoms with E-state index in [1.54, 1.807) is 17.0 Å². The molecule has 0 radical (unpaired) electrons. The fourth-order valence-corrected chi connectivity index (χ4v) is 3.56. The number of likely N-dealkylation sites (tertiary alicyclic amines) is 1. The molecule has 128 valence electrons. The SMILES string of the molecule is O=C(CN1CCC(Oc2ccc(Cl)c3ccccc23)C1)n1cccc1. The molecule has 5 heteroatoms. The maximum atomic E-state index is 12.2. The van der Waals surface area contributed by atoms with Crippen molar-refractivity contribution in [2.24, 2.45) is 0 Å². The van der Waals surface area contributed by atoms with Crippen molar-refractivity contribution in [3.63, 3.8) is 0 Å². The highest BCUT2D eigenvalue weighted by molar-refractivity contribution is 6.35. The van der Waals surface area contributed by atoms with Gasteiger partial charge in [0.1, 0.15) is 11.9 Å². The Morgan fingerprint density at radius 2 is 1.84 bits per heavy atom. The zero-order valence-corrected chi connectivity index (χ0v) is 14.5. The lowest BCUT2D eigenvalue weighted by atomic mass is 10.1. The fourth-order valence-electron chi connectivity index (χ4n) is 3.33. The summed E-state index contributed by atoms with van der Waals surface area (Å²) in [6.45, 7) is 2.03. The first-order valence-electron chi connectivity index (χ1n) is 8.43. The number of aromatic nitrogens is 1. The first kappa shape index (κ1) is 16.2. The van der Waals surface area contributed by atoms with E-state index in [-0.39, 0.29) is 12.0 Å². The van der Waals surface area contributed by atoms with Gasteiger partial charge in [0.15, 0.2) is 0 Å². The van der Waals surface area contributed by atoms with E-state index in [0.717, 1.165) is 41.1 Å². The topological polar surface area (TPSA) is 34.5 Å². The summed E-state index contributed by atoms with van der Waals surface area (Å²) in [5, 5.41) is 2.75. The molecule has 1 unspecified atom stereocenters. The molecule has 0 spiro atoms. The lowest BCUT2D eigenvalue weighted by molar-refractivity contribution is 0.0856. The number of carbonyl (C=O) groups is 1. The zero-order chi connectivity index (χ0) is 17.2. The monoisotopic (exact) mass is 354 g/mol. The molecule has 1 atom stereocenters. The number of hydrogen-bond acceptors (Lipinski definition) is 3. The van der Waals surface area contributed by atoms with Crippen LogP contribution in [0.25, 0.3) is 10.8 Å². The van der Waals surface area contributed by atoms with Gasteiger partial charge in [-0.15, -0.1) is 0 Å². The third-order valence-electron chi connectivity index (χ3n) is 4.60. The normalized spacial score (nSPS) is 17.9. The van der Waals surface area contributed by atoms with Crippen LogP contribution in [0.2, 0.25) is 5.02 Å². The second-order valence-corrected chi connectivity index (χ2v) is 6.75. The van der Waals surface area contributed by atoms with E-state index in [4.69, 9.17) is 16.3 Å². The summed E-state index contributed by atoms with van der Waals surface area (Å²) in [6, 6.07) is 15.5. The van der Waals surface area contributed by atoms with E-state index in [9.17, 15) is 4.79 Å². The van der Waals surface area contributed by atoms with Crippen molar-refractivity contribution in [3.05, 3.63) is 65.9 Å². The standard InChI is InChI=1S/C20H19ClN2O2/c21-18-7-8-19(17-6-2-1-5-16(17)18)25-15-9-12-22(13-15)14-20(24)23-10-3-4-11-23/h1-8,10-11,15H,9,12-14H2. The highest BCUT2D eigenvalue weighted by Crippen LogP contribution is 2.32. The number of fused-ring (bicyclic) bond motifs is 1. The van der Waals surface area contributed by atoms with Crippen molar-refractivity contribution in [1.29, 1.82) is 0 Å². The Kier molecular flexibility index (Phi) is 4.47. The Morgan fingerprint density at radius 1 is 1.08 bits per heavy atom. The molecule has 4 rings (SSSR count). The molecule has 1 aliphatic rings. The molecule has 1 aliphatic heterocycles. The minimum atomic E-state index is 0.0852. The highest BCUT2D eigenvalue weighted by atomic mass is 35.5. The number of nitrogens with zero attached hydrogens (tertiary/aromatic N) is 2. The van der Waals surface area contributed by atoms with Crippen LogP contribution in [0.15, 0.2) is 60.9 Å². The van der Waals surface area contributed by atoms with E-state index < -0.39 is 0 Å². The van der Waals surface area contributed by atoms with Crippen molar-refractivity contribution in [2.75, 3.05) is 19.6 Å². The molecular formula is C20H19ClN2O2. The first-order valence-corrected chi connectivity index (χ1v) is 8.81. The number of halogens is 1. The van der Waals surface area contributed by atoms with Gasteiger partial charge in [0.05, 0.1) is 6.54 Å². The van der Waals surface area contributed by atoms with Crippen molar-refractivity contribution in [2.45, 2.75) is 12.5 Å². The molecule has 0 aliphatic carbocycles. The van der Waals surface area contributed by atoms with Crippen molar-refractivity contribution < 1.29 is 9.53 Å². The molecule has 2 aromatic carbocycles. The highest BCUT2D eigenvalue weighted by Gasteiger charge is 2.26. The summed E-state index contributed by atoms with van der Waals surface area (Å²) < 4.78 is 7.85. The number of benzene rings is 2. The van der Waals surface area contributed by atoms with Gasteiger partial charge in [-0.3, -0.25) is 14.3 Å². The average molecular weight is 355 g/mol. The van der Waals surface area contributed by atoms with Gasteiger partial charge in [-0.2, -0.15) is 0 Å². The molecule has 0 amide bonds. The second kappa shape index (κ2) is 6.90. The molecule has 4 nitrogen and oxygen atoms in total. The van der Waals surface area contributed by atoms with Crippen LogP contribution in [0, 0.1) is 0 Å². The van der Waals surface area contributed by atoms with Crippen LogP contribution >= 0.6 is 11.6 Å². The molecule has 0 N–H and O–H groups in total. The molecule has 0 bridgehead atoms. The van der Waals surface area contributed by atoms with Gasteiger partial charge in [-0.25, -0.2) is 0 Å². The summed E-state index contributed by atoms with van der Waals surface area (Å²) in [4.78, 5) is 14.3. The molecule has 25 heavy (non-hydrogen) atoms. The number of ether oxygens (including phenoxy) is 1. The van der Waals surface area contributed by atoms with Crippen molar-refractivity contribution >= 4 is 28.3 Å². The Morgan fingerprint density at radius 3 is 2.64 bits per heavy atom. The predicted octanol–water partition coefficient (Wildman–Crippen LogP) is 4.09. The molecule has 1 saturated heterocycles. The third-order valence-corrected chi connectivity index (χ3v) is 4.93. The summed E-state index contributed by atoms with van der Waals surface area (Å²) in [5.41, 5.74) is 0. The average Bonchev–Trinajstić information content (AvgIpc) is 3.30. The lowest BCUT2D eigenvalue weighted by Gasteiger charge is -2.17. The van der Waals surface area contributed by atoms with Gasteiger partial charge < -0.3 is 4.74 Å². The summed E-state index contributed by atoms with van der Waals surface area (Å²) in [6.07, 6.45) is 4.57. The molecule has 1 fully saturated rings. The number of hydrogen-bond donors (Lipinski definition) is 0. The minimum absolute atomic E-state index is 0.0852. The van der Waals surface area contributed by atoms with Crippen LogP contribution in [0.5, 0.6) is 5.75 Å². The third kappa shape index (κ3) is 3.41. The number of carbonyl (C=O) groups excluding carboxylic acids is 1. The summed E-state index contributed by atoms with van der Waals surface area (Å²) >= 11 is 6.27. The fraction of sp³-hybridized carbons (Fsp3) is 0.250. The smallest absolute Gasteiger partial charge is 0.244 e. The minimum Gasteiger partial charge on any atom is -0.488 e. The van der Waals surface area contributed by atoms with Crippen LogP contribution in [0.1, 0.15) is 11.2 Å². The van der Waals surface area contributed by atoms with Gasteiger partial charge in [0, 0.05) is 41.3 Å². The van der Waals surface area contributed by atoms with Gasteiger partial charge in [-0.1, -0.05) is 35.9 Å². The van der Waals surface area contributed by atoms with Gasteiger partial charge in [-0.05, 0) is 30.7 Å². The van der Waals surface area contributed by atoms with E-state index in [1.165, 1.54) is 0 Å². The van der Waals surface area contributed by atoms with E-state index in [2.05, 4.69) is 4.90 Å². The van der Waals surface area contributed by atoms with Crippen LogP contribution in [0.4, 0.5) is 0 Å². The Bertz CT molecular complexity index is 892. The van der Waals surface area contributed by atoms with Crippen LogP contribution in [-0.4, -0.2) is 41.1 Å². The van der Waals surface area contributed by atoms with Crippen LogP contribution in [0.3, 0.4) is 0 Å². The Hall–Kier alpha value is -2.30. The van der Waals surface area contributed by atoms with Crippen LogP contribution < -0.4 is 4.74 Å². The Balaban J connectivity index is 1.43. The predicted molar refractivity (Wildman–Crippen MR) is 99.5 cm³/mol. The van der Waals surface area contributed by atoms with Gasteiger partial charge in [0.2, 0.25) is 5.91 Å². The van der Waals surface area contributed by atoms with Crippen LogP contribution in [-0.2, 0) is 0 Å². The maximum absolute atomic E-state index is 12.2. The molecule has 2 heterocycles. The maximum Gasteiger partial charge on any atom is 0.244 e. The summed E-state index contributed by atoms with van der Waals surface area (Å²) in [7, 11) is 0. The molecule has 0 saturated carbocycles. The van der Waals surface area contributed by atoms with Gasteiger partial charge in [0.25, 0.3) is 0 Å². The summed E-state index contributed by atoms with van der Waals surface area (Å²) in [5.74, 6) is 0.936. The van der Waals surface area contributed by atoms with Crippen molar-refractivity contribution in [3.8, 4) is 5.75 Å². The molecule has 1 aromatic heterocycles. The van der Waals surface area contributed by atoms with E-state index >= 15 is 0 Å². The van der Waals surface area contributed by atoms with Crippen molar-refractivity contribution in [1.82, 2.24) is 9.47 Å². The molecule has 3 aromatic rings. The quantitative estimate of drug-likeness (QED) is 0.707.